The average molecular weight is 347 g/mol. The van der Waals surface area contributed by atoms with Gasteiger partial charge in [-0.3, -0.25) is 9.35 Å². The molecule has 0 amide bonds. The maximum Gasteiger partial charge on any atom is 0.469 e. The lowest BCUT2D eigenvalue weighted by molar-refractivity contribution is -0.128. The van der Waals surface area contributed by atoms with Gasteiger partial charge >= 0.3 is 7.12 Å². The van der Waals surface area contributed by atoms with Crippen LogP contribution in [0.3, 0.4) is 0 Å². The van der Waals surface area contributed by atoms with Gasteiger partial charge < -0.3 is 15.4 Å². The molecule has 132 valence electrons. The number of hydrogen-bond acceptors (Lipinski definition) is 6. The lowest BCUT2D eigenvalue weighted by Crippen LogP contribution is -2.42. The summed E-state index contributed by atoms with van der Waals surface area (Å²) in [6.07, 6.45) is 3.92. The maximum absolute atomic E-state index is 11.9. The van der Waals surface area contributed by atoms with E-state index in [1.807, 2.05) is 13.8 Å². The third kappa shape index (κ3) is 3.63. The van der Waals surface area contributed by atoms with Crippen LogP contribution in [0.5, 0.6) is 0 Å². The van der Waals surface area contributed by atoms with E-state index in [4.69, 9.17) is 14.6 Å². The number of nitrogens with one attached hydrogen (secondary N) is 1. The Kier molecular flexibility index (Phi) is 5.28. The lowest BCUT2D eigenvalue weighted by Gasteiger charge is -2.35. The molecule has 0 aromatic rings. The minimum Gasteiger partial charge on any atom is -0.426 e. The normalized spacial score (nSPS) is 35.1. The van der Waals surface area contributed by atoms with Gasteiger partial charge in [-0.25, -0.2) is 0 Å². The summed E-state index contributed by atoms with van der Waals surface area (Å²) in [5.74, 6) is -0.175. The standard InChI is InChI=1S/C10H16O4S.C4H10BNO2/c1-9(2)7-3-4-10(9,8(11)5-7)6-15(12,13)14;7-5(8)4-2-1-3-6-4/h7H,3-6H2,1-2H3,(H,12,13,14);4,6-8H,1-3H2/t7-,10-;4-/m11/s1. The van der Waals surface area contributed by atoms with Crippen molar-refractivity contribution in [3.8, 4) is 0 Å². The second-order valence-electron chi connectivity index (χ2n) is 7.51. The molecule has 0 radical (unpaired) electrons. The highest BCUT2D eigenvalue weighted by molar-refractivity contribution is 7.85. The molecule has 1 heterocycles. The van der Waals surface area contributed by atoms with E-state index in [9.17, 15) is 13.2 Å². The van der Waals surface area contributed by atoms with Crippen LogP contribution >= 0.6 is 0 Å². The molecule has 3 atom stereocenters. The minimum absolute atomic E-state index is 0.0152. The molecule has 0 aromatic heterocycles. The number of Topliss-reactive ketones (excluding diaryl/α,β-unsaturated/α-hetero) is 1. The summed E-state index contributed by atoms with van der Waals surface area (Å²) in [7, 11) is -5.25. The van der Waals surface area contributed by atoms with Crippen LogP contribution in [0.2, 0.25) is 0 Å². The third-order valence-corrected chi connectivity index (χ3v) is 6.88. The number of carbonyl (C=O) groups is 1. The Labute approximate surface area is 137 Å². The summed E-state index contributed by atoms with van der Waals surface area (Å²) in [5.41, 5.74) is -1.12. The number of rotatable bonds is 3. The van der Waals surface area contributed by atoms with E-state index >= 15 is 0 Å². The topological polar surface area (TPSA) is 124 Å². The van der Waals surface area contributed by atoms with Crippen molar-refractivity contribution in [2.45, 2.75) is 51.9 Å². The predicted octanol–water partition coefficient (Wildman–Crippen LogP) is 0.0200. The smallest absolute Gasteiger partial charge is 0.426 e. The van der Waals surface area contributed by atoms with Crippen LogP contribution in [-0.4, -0.2) is 54.2 Å². The van der Waals surface area contributed by atoms with Crippen LogP contribution in [0.25, 0.3) is 0 Å². The van der Waals surface area contributed by atoms with E-state index < -0.39 is 28.4 Å². The summed E-state index contributed by atoms with van der Waals surface area (Å²) >= 11 is 0. The fourth-order valence-electron chi connectivity index (χ4n) is 4.39. The molecule has 1 saturated heterocycles. The fraction of sp³-hybridized carbons (Fsp3) is 0.929. The minimum atomic E-state index is -4.08. The van der Waals surface area contributed by atoms with Crippen LogP contribution in [0, 0.1) is 16.7 Å². The van der Waals surface area contributed by atoms with Crippen LogP contribution in [-0.2, 0) is 14.9 Å². The van der Waals surface area contributed by atoms with Crippen molar-refractivity contribution < 1.29 is 27.8 Å². The third-order valence-electron chi connectivity index (χ3n) is 6.03. The molecule has 9 heteroatoms. The molecule has 2 aliphatic carbocycles. The van der Waals surface area contributed by atoms with Crippen molar-refractivity contribution in [1.82, 2.24) is 5.32 Å². The monoisotopic (exact) mass is 347 g/mol. The van der Waals surface area contributed by atoms with Crippen LogP contribution in [0.1, 0.15) is 46.0 Å². The number of hydrogen-bond donors (Lipinski definition) is 4. The van der Waals surface area contributed by atoms with Crippen molar-refractivity contribution in [3.05, 3.63) is 0 Å². The molecule has 0 aromatic carbocycles. The zero-order valence-electron chi connectivity index (χ0n) is 13.7. The predicted molar refractivity (Wildman–Crippen MR) is 86.2 cm³/mol. The molecule has 3 rings (SSSR count). The second-order valence-corrected chi connectivity index (χ2v) is 8.96. The molecule has 4 N–H and O–H groups in total. The first-order chi connectivity index (χ1) is 10.5. The van der Waals surface area contributed by atoms with Gasteiger partial charge in [-0.15, -0.1) is 0 Å². The zero-order valence-corrected chi connectivity index (χ0v) is 14.5. The molecule has 1 aliphatic heterocycles. The van der Waals surface area contributed by atoms with Gasteiger partial charge in [0.05, 0.1) is 11.2 Å². The number of carbonyl (C=O) groups excluding carboxylic acids is 1. The highest BCUT2D eigenvalue weighted by Gasteiger charge is 2.65. The van der Waals surface area contributed by atoms with Crippen molar-refractivity contribution >= 4 is 23.0 Å². The zero-order chi connectivity index (χ0) is 17.5. The van der Waals surface area contributed by atoms with Crippen LogP contribution in [0.15, 0.2) is 0 Å². The van der Waals surface area contributed by atoms with Gasteiger partial charge in [0, 0.05) is 12.4 Å². The molecule has 0 spiro atoms. The van der Waals surface area contributed by atoms with Gasteiger partial charge in [0.25, 0.3) is 10.1 Å². The Hall–Kier alpha value is -0.475. The molecular weight excluding hydrogens is 321 g/mol. The summed E-state index contributed by atoms with van der Waals surface area (Å²) in [6.45, 7) is 4.81. The average Bonchev–Trinajstić information content (AvgIpc) is 3.04. The Balaban J connectivity index is 0.000000203. The van der Waals surface area contributed by atoms with Gasteiger partial charge in [-0.1, -0.05) is 13.8 Å². The molecule has 23 heavy (non-hydrogen) atoms. The number of ketones is 1. The largest absolute Gasteiger partial charge is 0.469 e. The van der Waals surface area contributed by atoms with Gasteiger partial charge in [-0.05, 0) is 43.6 Å². The van der Waals surface area contributed by atoms with Crippen molar-refractivity contribution in [3.63, 3.8) is 0 Å². The Morgan fingerprint density at radius 2 is 1.96 bits per heavy atom. The summed E-state index contributed by atoms with van der Waals surface area (Å²) < 4.78 is 31.0. The van der Waals surface area contributed by atoms with Crippen LogP contribution in [0.4, 0.5) is 0 Å². The molecule has 3 aliphatic rings. The van der Waals surface area contributed by atoms with E-state index in [1.54, 1.807) is 0 Å². The molecule has 0 unspecified atom stereocenters. The molecule has 2 saturated carbocycles. The van der Waals surface area contributed by atoms with E-state index in [2.05, 4.69) is 5.32 Å². The quantitative estimate of drug-likeness (QED) is 0.419. The first-order valence-corrected chi connectivity index (χ1v) is 9.68. The molecule has 7 nitrogen and oxygen atoms in total. The van der Waals surface area contributed by atoms with E-state index in [0.717, 1.165) is 25.8 Å². The SMILES string of the molecule is CC1(C)[C@@H]2CC[C@@]1(CS(=O)(=O)O)C(=O)C2.OB(O)[C@H]1CCCN1. The van der Waals surface area contributed by atoms with E-state index in [1.165, 1.54) is 0 Å². The first-order valence-electron chi connectivity index (χ1n) is 8.07. The highest BCUT2D eigenvalue weighted by Crippen LogP contribution is 2.64. The summed E-state index contributed by atoms with van der Waals surface area (Å²) in [5, 5.41) is 20.0. The van der Waals surface area contributed by atoms with Gasteiger partial charge in [0.15, 0.2) is 0 Å². The van der Waals surface area contributed by atoms with Crippen molar-refractivity contribution in [1.29, 1.82) is 0 Å². The van der Waals surface area contributed by atoms with Gasteiger partial charge in [-0.2, -0.15) is 8.42 Å². The first kappa shape index (κ1) is 18.9. The maximum atomic E-state index is 11.9. The summed E-state index contributed by atoms with van der Waals surface area (Å²) in [6, 6.07) is 0. The Morgan fingerprint density at radius 1 is 1.30 bits per heavy atom. The fourth-order valence-corrected chi connectivity index (χ4v) is 5.69. The Bertz CT molecular complexity index is 558. The Morgan fingerprint density at radius 3 is 2.26 bits per heavy atom. The van der Waals surface area contributed by atoms with E-state index in [0.29, 0.717) is 12.8 Å². The van der Waals surface area contributed by atoms with Crippen LogP contribution < -0.4 is 5.32 Å². The summed E-state index contributed by atoms with van der Waals surface area (Å²) in [4.78, 5) is 11.9. The lowest BCUT2D eigenvalue weighted by atomic mass is 9.70. The number of fused-ring (bicyclic) bond motifs is 2. The highest BCUT2D eigenvalue weighted by atomic mass is 32.2. The molecule has 2 bridgehead atoms. The van der Waals surface area contributed by atoms with E-state index in [-0.39, 0.29) is 23.1 Å². The van der Waals surface area contributed by atoms with Crippen molar-refractivity contribution in [2.24, 2.45) is 16.7 Å². The van der Waals surface area contributed by atoms with Crippen molar-refractivity contribution in [2.75, 3.05) is 12.3 Å². The van der Waals surface area contributed by atoms with Gasteiger partial charge in [0.2, 0.25) is 0 Å². The molecule has 3 fully saturated rings. The van der Waals surface area contributed by atoms with Gasteiger partial charge in [0.1, 0.15) is 5.78 Å². The molecular formula is C14H26BNO6S. The second kappa shape index (κ2) is 6.44.